The first-order valence-corrected chi connectivity index (χ1v) is 11.2. The number of hydrogen-bond donors (Lipinski definition) is 1. The van der Waals surface area contributed by atoms with Crippen molar-refractivity contribution in [2.24, 2.45) is 5.73 Å². The van der Waals surface area contributed by atoms with E-state index in [1.165, 1.54) is 7.11 Å². The van der Waals surface area contributed by atoms with Crippen LogP contribution in [0.1, 0.15) is 10.4 Å². The fraction of sp³-hybridized carbons (Fsp3) is 0.103. The molecule has 0 aliphatic heterocycles. The Hall–Kier alpha value is -4.78. The number of nitrogens with two attached hydrogens (primary N) is 1. The number of carbonyl (C=O) groups excluding carboxylic acids is 1. The third-order valence-electron chi connectivity index (χ3n) is 6.04. The monoisotopic (exact) mass is 480 g/mol. The van der Waals surface area contributed by atoms with Crippen molar-refractivity contribution in [1.29, 1.82) is 0 Å². The van der Waals surface area contributed by atoms with Crippen molar-refractivity contribution in [1.82, 2.24) is 4.98 Å². The van der Waals surface area contributed by atoms with Crippen LogP contribution in [-0.4, -0.2) is 32.2 Å². The van der Waals surface area contributed by atoms with Gasteiger partial charge in [-0.3, -0.25) is 9.78 Å². The third kappa shape index (κ3) is 4.11. The van der Waals surface area contributed by atoms with Gasteiger partial charge in [0.15, 0.2) is 11.5 Å². The van der Waals surface area contributed by atoms with Crippen molar-refractivity contribution in [3.63, 3.8) is 0 Å². The fourth-order valence-corrected chi connectivity index (χ4v) is 4.30. The van der Waals surface area contributed by atoms with E-state index in [2.05, 4.69) is 4.98 Å². The van der Waals surface area contributed by atoms with Gasteiger partial charge in [-0.2, -0.15) is 0 Å². The van der Waals surface area contributed by atoms with Crippen molar-refractivity contribution in [2.45, 2.75) is 0 Å². The highest BCUT2D eigenvalue weighted by Crippen LogP contribution is 2.38. The molecule has 1 amide bonds. The van der Waals surface area contributed by atoms with Crippen molar-refractivity contribution >= 4 is 27.6 Å². The van der Waals surface area contributed by atoms with Gasteiger partial charge in [0.25, 0.3) is 5.91 Å². The number of para-hydroxylation sites is 1. The summed E-state index contributed by atoms with van der Waals surface area (Å²) in [5.41, 5.74) is 8.32. The van der Waals surface area contributed by atoms with Gasteiger partial charge in [0.2, 0.25) is 0 Å². The second-order valence-electron chi connectivity index (χ2n) is 8.11. The van der Waals surface area contributed by atoms with Gasteiger partial charge in [-0.15, -0.1) is 0 Å². The van der Waals surface area contributed by atoms with Gasteiger partial charge in [0, 0.05) is 23.2 Å². The Balaban J connectivity index is 1.51. The maximum Gasteiger partial charge on any atom is 0.252 e. The first-order valence-electron chi connectivity index (χ1n) is 11.2. The van der Waals surface area contributed by atoms with Gasteiger partial charge >= 0.3 is 0 Å². The smallest absolute Gasteiger partial charge is 0.252 e. The largest absolute Gasteiger partial charge is 0.495 e. The van der Waals surface area contributed by atoms with E-state index in [0.29, 0.717) is 34.3 Å². The lowest BCUT2D eigenvalue weighted by Crippen LogP contribution is -2.12. The van der Waals surface area contributed by atoms with Crippen LogP contribution in [-0.2, 0) is 0 Å². The van der Waals surface area contributed by atoms with E-state index in [-0.39, 0.29) is 0 Å². The molecule has 180 valence electrons. The van der Waals surface area contributed by atoms with Crippen molar-refractivity contribution in [3.8, 4) is 39.9 Å². The number of pyridine rings is 1. The molecule has 0 atom stereocenters. The van der Waals surface area contributed by atoms with Crippen LogP contribution in [0.4, 0.5) is 0 Å². The third-order valence-corrected chi connectivity index (χ3v) is 6.04. The second-order valence-corrected chi connectivity index (χ2v) is 8.11. The molecular formula is C29H24N2O5. The molecule has 5 rings (SSSR count). The Morgan fingerprint density at radius 3 is 2.28 bits per heavy atom. The summed E-state index contributed by atoms with van der Waals surface area (Å²) in [5, 5.41) is 2.82. The number of primary amides is 1. The zero-order valence-corrected chi connectivity index (χ0v) is 20.1. The fourth-order valence-electron chi connectivity index (χ4n) is 4.30. The van der Waals surface area contributed by atoms with E-state index in [0.717, 1.165) is 32.8 Å². The Morgan fingerprint density at radius 1 is 0.778 bits per heavy atom. The molecule has 4 aromatic carbocycles. The van der Waals surface area contributed by atoms with E-state index in [1.807, 2.05) is 60.7 Å². The standard InChI is InChI=1S/C29H24N2O5/c1-33-26-15-23-24(16-27(26)34-2)31-12-11-25(23)36-20-10-9-17-13-19(8-7-18(17)14-20)21-5-4-6-22(29(30)32)28(21)35-3/h4-16H,1-3H3,(H2,30,32). The lowest BCUT2D eigenvalue weighted by molar-refractivity contribution is 0.0997. The summed E-state index contributed by atoms with van der Waals surface area (Å²) in [7, 11) is 4.72. The normalized spacial score (nSPS) is 10.9. The van der Waals surface area contributed by atoms with Crippen LogP contribution < -0.4 is 24.7 Å². The number of ether oxygens (including phenoxy) is 4. The van der Waals surface area contributed by atoms with Crippen molar-refractivity contribution in [3.05, 3.63) is 84.6 Å². The zero-order chi connectivity index (χ0) is 25.2. The lowest BCUT2D eigenvalue weighted by Gasteiger charge is -2.14. The van der Waals surface area contributed by atoms with Crippen LogP contribution in [0, 0.1) is 0 Å². The Kier molecular flexibility index (Phi) is 6.04. The average Bonchev–Trinajstić information content (AvgIpc) is 2.91. The number of amides is 1. The van der Waals surface area contributed by atoms with Gasteiger partial charge in [-0.25, -0.2) is 0 Å². The molecule has 0 radical (unpaired) electrons. The number of nitrogens with zero attached hydrogens (tertiary/aromatic N) is 1. The second kappa shape index (κ2) is 9.46. The predicted molar refractivity (Wildman–Crippen MR) is 139 cm³/mol. The summed E-state index contributed by atoms with van der Waals surface area (Å²) in [4.78, 5) is 16.3. The molecule has 36 heavy (non-hydrogen) atoms. The number of aromatic nitrogens is 1. The highest BCUT2D eigenvalue weighted by molar-refractivity contribution is 5.99. The van der Waals surface area contributed by atoms with Gasteiger partial charge in [0.05, 0.1) is 32.4 Å². The summed E-state index contributed by atoms with van der Waals surface area (Å²) in [6.07, 6.45) is 1.70. The number of benzene rings is 4. The van der Waals surface area contributed by atoms with E-state index >= 15 is 0 Å². The highest BCUT2D eigenvalue weighted by Gasteiger charge is 2.15. The Labute approximate surface area is 208 Å². The molecule has 0 saturated carbocycles. The van der Waals surface area contributed by atoms with Crippen LogP contribution >= 0.6 is 0 Å². The summed E-state index contributed by atoms with van der Waals surface area (Å²) in [6.45, 7) is 0. The molecule has 0 spiro atoms. The van der Waals surface area contributed by atoms with Crippen molar-refractivity contribution in [2.75, 3.05) is 21.3 Å². The number of rotatable bonds is 7. The lowest BCUT2D eigenvalue weighted by atomic mass is 9.98. The first kappa shape index (κ1) is 23.0. The molecule has 1 heterocycles. The van der Waals surface area contributed by atoms with Gasteiger partial charge in [-0.05, 0) is 52.7 Å². The minimum Gasteiger partial charge on any atom is -0.495 e. The molecule has 0 fully saturated rings. The topological polar surface area (TPSA) is 92.9 Å². The van der Waals surface area contributed by atoms with Crippen LogP contribution in [0.25, 0.3) is 32.8 Å². The molecule has 7 nitrogen and oxygen atoms in total. The van der Waals surface area contributed by atoms with Gasteiger partial charge < -0.3 is 24.7 Å². The van der Waals surface area contributed by atoms with Crippen LogP contribution in [0.5, 0.6) is 28.7 Å². The van der Waals surface area contributed by atoms with Crippen LogP contribution in [0.15, 0.2) is 79.0 Å². The summed E-state index contributed by atoms with van der Waals surface area (Å²) >= 11 is 0. The number of hydrogen-bond acceptors (Lipinski definition) is 6. The maximum atomic E-state index is 11.8. The van der Waals surface area contributed by atoms with E-state index in [9.17, 15) is 4.79 Å². The zero-order valence-electron chi connectivity index (χ0n) is 20.1. The molecule has 0 unspecified atom stereocenters. The first-order chi connectivity index (χ1) is 17.5. The van der Waals surface area contributed by atoms with Crippen LogP contribution in [0.3, 0.4) is 0 Å². The Morgan fingerprint density at radius 2 is 1.53 bits per heavy atom. The number of fused-ring (bicyclic) bond motifs is 2. The maximum absolute atomic E-state index is 11.8. The minimum atomic E-state index is -0.532. The minimum absolute atomic E-state index is 0.345. The molecule has 0 aliphatic rings. The molecular weight excluding hydrogens is 456 g/mol. The van der Waals surface area contributed by atoms with Crippen molar-refractivity contribution < 1.29 is 23.7 Å². The highest BCUT2D eigenvalue weighted by atomic mass is 16.5. The number of carbonyl (C=O) groups is 1. The summed E-state index contributed by atoms with van der Waals surface area (Å²) in [6, 6.07) is 22.8. The molecule has 2 N–H and O–H groups in total. The molecule has 0 aliphatic carbocycles. The average molecular weight is 481 g/mol. The van der Waals surface area contributed by atoms with Gasteiger partial charge in [-0.1, -0.05) is 30.3 Å². The van der Waals surface area contributed by atoms with E-state index in [4.69, 9.17) is 24.7 Å². The number of methoxy groups -OCH3 is 3. The SMILES string of the molecule is COc1cc2nccc(Oc3ccc4cc(-c5cccc(C(N)=O)c5OC)ccc4c3)c2cc1OC. The summed E-state index contributed by atoms with van der Waals surface area (Å²) < 4.78 is 22.6. The predicted octanol–water partition coefficient (Wildman–Crippen LogP) is 5.97. The quantitative estimate of drug-likeness (QED) is 0.308. The molecule has 0 saturated heterocycles. The van der Waals surface area contributed by atoms with Crippen LogP contribution in [0.2, 0.25) is 0 Å². The molecule has 0 bridgehead atoms. The van der Waals surface area contributed by atoms with E-state index < -0.39 is 5.91 Å². The molecule has 1 aromatic heterocycles. The van der Waals surface area contributed by atoms with Gasteiger partial charge in [0.1, 0.15) is 17.2 Å². The Bertz CT molecular complexity index is 1610. The van der Waals surface area contributed by atoms with E-state index in [1.54, 1.807) is 32.5 Å². The summed E-state index contributed by atoms with van der Waals surface area (Å²) in [5.74, 6) is 2.48. The molecule has 7 heteroatoms. The molecule has 5 aromatic rings.